The summed E-state index contributed by atoms with van der Waals surface area (Å²) in [6.07, 6.45) is 1.11. The van der Waals surface area contributed by atoms with Gasteiger partial charge in [0, 0.05) is 38.3 Å². The molecular formula is C17H29N3. The number of piperazine rings is 1. The molecule has 0 bridgehead atoms. The average Bonchev–Trinajstić information content (AvgIpc) is 2.45. The summed E-state index contributed by atoms with van der Waals surface area (Å²) in [5.41, 5.74) is 1.66. The van der Waals surface area contributed by atoms with Crippen LogP contribution in [0.1, 0.15) is 19.4 Å². The van der Waals surface area contributed by atoms with E-state index in [1.54, 1.807) is 0 Å². The lowest BCUT2D eigenvalue weighted by Crippen LogP contribution is -2.57. The fourth-order valence-electron chi connectivity index (χ4n) is 2.80. The third-order valence-corrected chi connectivity index (χ3v) is 4.35. The Labute approximate surface area is 124 Å². The second kappa shape index (κ2) is 7.21. The number of rotatable bonds is 6. The lowest BCUT2D eigenvalue weighted by molar-refractivity contribution is 0.0621. The van der Waals surface area contributed by atoms with Gasteiger partial charge in [-0.25, -0.2) is 0 Å². The van der Waals surface area contributed by atoms with Gasteiger partial charge >= 0.3 is 0 Å². The molecule has 3 nitrogen and oxygen atoms in total. The van der Waals surface area contributed by atoms with Crippen LogP contribution in [0.3, 0.4) is 0 Å². The second-order valence-corrected chi connectivity index (χ2v) is 6.52. The van der Waals surface area contributed by atoms with Gasteiger partial charge in [-0.2, -0.15) is 0 Å². The molecule has 0 aliphatic carbocycles. The Kier molecular flexibility index (Phi) is 5.58. The molecule has 0 saturated carbocycles. The normalized spacial score (nSPS) is 18.4. The summed E-state index contributed by atoms with van der Waals surface area (Å²) in [6, 6.07) is 10.7. The van der Waals surface area contributed by atoms with Gasteiger partial charge in [-0.3, -0.25) is 4.90 Å². The van der Waals surface area contributed by atoms with Crippen LogP contribution in [0.5, 0.6) is 0 Å². The summed E-state index contributed by atoms with van der Waals surface area (Å²) < 4.78 is 0. The predicted molar refractivity (Wildman–Crippen MR) is 86.2 cm³/mol. The molecule has 3 heteroatoms. The quantitative estimate of drug-likeness (QED) is 0.799. The van der Waals surface area contributed by atoms with Crippen LogP contribution in [0, 0.1) is 0 Å². The highest BCUT2D eigenvalue weighted by Gasteiger charge is 2.28. The zero-order valence-corrected chi connectivity index (χ0v) is 13.2. The molecular weight excluding hydrogens is 246 g/mol. The summed E-state index contributed by atoms with van der Waals surface area (Å²) in [5, 5.41) is 3.63. The van der Waals surface area contributed by atoms with Crippen molar-refractivity contribution in [2.45, 2.75) is 25.8 Å². The summed E-state index contributed by atoms with van der Waals surface area (Å²) in [6.45, 7) is 11.6. The number of hydrogen-bond donors (Lipinski definition) is 1. The van der Waals surface area contributed by atoms with Gasteiger partial charge in [0.25, 0.3) is 0 Å². The third-order valence-electron chi connectivity index (χ3n) is 4.35. The van der Waals surface area contributed by atoms with Crippen molar-refractivity contribution in [1.29, 1.82) is 0 Å². The zero-order chi connectivity index (χ0) is 14.4. The Morgan fingerprint density at radius 3 is 2.35 bits per heavy atom. The Hall–Kier alpha value is -0.900. The molecule has 1 N–H and O–H groups in total. The molecule has 1 aliphatic rings. The fourth-order valence-corrected chi connectivity index (χ4v) is 2.80. The third kappa shape index (κ3) is 4.58. The number of nitrogens with one attached hydrogen (secondary N) is 1. The summed E-state index contributed by atoms with van der Waals surface area (Å²) in [4.78, 5) is 5.03. The van der Waals surface area contributed by atoms with E-state index >= 15 is 0 Å². The predicted octanol–water partition coefficient (Wildman–Crippen LogP) is 1.84. The van der Waals surface area contributed by atoms with Crippen LogP contribution < -0.4 is 5.32 Å². The van der Waals surface area contributed by atoms with Gasteiger partial charge < -0.3 is 10.2 Å². The lowest BCUT2D eigenvalue weighted by atomic mass is 10.0. The first-order valence-corrected chi connectivity index (χ1v) is 7.76. The van der Waals surface area contributed by atoms with Crippen LogP contribution in [0.4, 0.5) is 0 Å². The monoisotopic (exact) mass is 275 g/mol. The van der Waals surface area contributed by atoms with E-state index in [9.17, 15) is 0 Å². The van der Waals surface area contributed by atoms with Gasteiger partial charge in [0.05, 0.1) is 0 Å². The molecule has 0 amide bonds. The van der Waals surface area contributed by atoms with E-state index < -0.39 is 0 Å². The van der Waals surface area contributed by atoms with Gasteiger partial charge in [0.15, 0.2) is 0 Å². The minimum absolute atomic E-state index is 0.248. The largest absolute Gasteiger partial charge is 0.315 e. The van der Waals surface area contributed by atoms with Crippen LogP contribution in [-0.2, 0) is 6.42 Å². The van der Waals surface area contributed by atoms with E-state index in [0.29, 0.717) is 0 Å². The van der Waals surface area contributed by atoms with Crippen molar-refractivity contribution in [3.8, 4) is 0 Å². The van der Waals surface area contributed by atoms with Gasteiger partial charge in [-0.05, 0) is 39.4 Å². The summed E-state index contributed by atoms with van der Waals surface area (Å²) in [5.74, 6) is 0. The van der Waals surface area contributed by atoms with Crippen molar-refractivity contribution in [3.05, 3.63) is 35.9 Å². The Balaban J connectivity index is 1.69. The van der Waals surface area contributed by atoms with Gasteiger partial charge in [0.2, 0.25) is 0 Å². The number of likely N-dealkylation sites (N-methyl/N-ethyl adjacent to an activating group) is 1. The average molecular weight is 275 g/mol. The molecule has 20 heavy (non-hydrogen) atoms. The number of hydrogen-bond acceptors (Lipinski definition) is 3. The van der Waals surface area contributed by atoms with Crippen molar-refractivity contribution in [2.24, 2.45) is 0 Å². The second-order valence-electron chi connectivity index (χ2n) is 6.52. The highest BCUT2D eigenvalue weighted by atomic mass is 15.3. The highest BCUT2D eigenvalue weighted by molar-refractivity contribution is 5.14. The standard InChI is InChI=1S/C17H29N3/c1-17(2,20-13-11-19(3)12-14-20)15-18-10-9-16-7-5-4-6-8-16/h4-8,18H,9-15H2,1-3H3. The van der Waals surface area contributed by atoms with E-state index in [2.05, 4.69) is 66.3 Å². The van der Waals surface area contributed by atoms with E-state index in [1.165, 1.54) is 31.7 Å². The van der Waals surface area contributed by atoms with Crippen LogP contribution >= 0.6 is 0 Å². The Morgan fingerprint density at radius 2 is 1.70 bits per heavy atom. The first-order valence-electron chi connectivity index (χ1n) is 7.76. The van der Waals surface area contributed by atoms with Gasteiger partial charge in [-0.1, -0.05) is 30.3 Å². The molecule has 112 valence electrons. The molecule has 1 fully saturated rings. The maximum Gasteiger partial charge on any atom is 0.0278 e. The van der Waals surface area contributed by atoms with Gasteiger partial charge in [0.1, 0.15) is 0 Å². The van der Waals surface area contributed by atoms with Crippen molar-refractivity contribution >= 4 is 0 Å². The Bertz CT molecular complexity index is 380. The Morgan fingerprint density at radius 1 is 1.05 bits per heavy atom. The van der Waals surface area contributed by atoms with Crippen LogP contribution in [-0.4, -0.2) is 61.7 Å². The molecule has 1 aromatic rings. The van der Waals surface area contributed by atoms with Crippen LogP contribution in [0.15, 0.2) is 30.3 Å². The fraction of sp³-hybridized carbons (Fsp3) is 0.647. The number of benzene rings is 1. The topological polar surface area (TPSA) is 18.5 Å². The van der Waals surface area contributed by atoms with Crippen molar-refractivity contribution in [2.75, 3.05) is 46.3 Å². The van der Waals surface area contributed by atoms with Gasteiger partial charge in [-0.15, -0.1) is 0 Å². The highest BCUT2D eigenvalue weighted by Crippen LogP contribution is 2.15. The molecule has 1 heterocycles. The van der Waals surface area contributed by atoms with Crippen LogP contribution in [0.2, 0.25) is 0 Å². The first-order chi connectivity index (χ1) is 9.58. The molecule has 0 unspecified atom stereocenters. The summed E-state index contributed by atoms with van der Waals surface area (Å²) >= 11 is 0. The minimum atomic E-state index is 0.248. The lowest BCUT2D eigenvalue weighted by Gasteiger charge is -2.43. The molecule has 1 aromatic carbocycles. The van der Waals surface area contributed by atoms with Crippen molar-refractivity contribution in [3.63, 3.8) is 0 Å². The van der Waals surface area contributed by atoms with E-state index in [1.807, 2.05) is 0 Å². The SMILES string of the molecule is CN1CCN(C(C)(C)CNCCc2ccccc2)CC1. The molecule has 0 radical (unpaired) electrons. The molecule has 0 spiro atoms. The van der Waals surface area contributed by atoms with E-state index in [4.69, 9.17) is 0 Å². The zero-order valence-electron chi connectivity index (χ0n) is 13.2. The molecule has 1 saturated heterocycles. The number of nitrogens with zero attached hydrogens (tertiary/aromatic N) is 2. The first kappa shape index (κ1) is 15.5. The maximum atomic E-state index is 3.63. The molecule has 0 atom stereocenters. The van der Waals surface area contributed by atoms with Crippen molar-refractivity contribution in [1.82, 2.24) is 15.1 Å². The minimum Gasteiger partial charge on any atom is -0.315 e. The van der Waals surface area contributed by atoms with Crippen LogP contribution in [0.25, 0.3) is 0 Å². The smallest absolute Gasteiger partial charge is 0.0278 e. The maximum absolute atomic E-state index is 3.63. The van der Waals surface area contributed by atoms with E-state index in [-0.39, 0.29) is 5.54 Å². The molecule has 1 aliphatic heterocycles. The van der Waals surface area contributed by atoms with Crippen molar-refractivity contribution < 1.29 is 0 Å². The molecule has 0 aromatic heterocycles. The summed E-state index contributed by atoms with van der Waals surface area (Å²) in [7, 11) is 2.21. The van der Waals surface area contributed by atoms with E-state index in [0.717, 1.165) is 19.5 Å². The molecule has 2 rings (SSSR count).